The molecule has 0 unspecified atom stereocenters. The predicted molar refractivity (Wildman–Crippen MR) is 94.1 cm³/mol. The summed E-state index contributed by atoms with van der Waals surface area (Å²) in [6.45, 7) is 0.349. The Morgan fingerprint density at radius 3 is 2.80 bits per heavy atom. The Bertz CT molecular complexity index is 918. The largest absolute Gasteiger partial charge is 0.354 e. The van der Waals surface area contributed by atoms with Gasteiger partial charge in [-0.25, -0.2) is 0 Å². The van der Waals surface area contributed by atoms with Gasteiger partial charge in [0, 0.05) is 18.1 Å². The zero-order valence-electron chi connectivity index (χ0n) is 13.3. The van der Waals surface area contributed by atoms with Gasteiger partial charge in [-0.1, -0.05) is 12.1 Å². The minimum Gasteiger partial charge on any atom is -0.354 e. The van der Waals surface area contributed by atoms with Crippen LogP contribution in [0, 0.1) is 11.3 Å². The number of nitriles is 1. The van der Waals surface area contributed by atoms with Crippen molar-refractivity contribution >= 4 is 17.3 Å². The summed E-state index contributed by atoms with van der Waals surface area (Å²) in [4.78, 5) is 20.5. The molecule has 6 heteroatoms. The number of nitrogens with one attached hydrogen (secondary N) is 2. The normalized spacial score (nSPS) is 9.88. The molecule has 0 spiro atoms. The van der Waals surface area contributed by atoms with Crippen LogP contribution >= 0.6 is 0 Å². The fourth-order valence-electron chi connectivity index (χ4n) is 2.24. The van der Waals surface area contributed by atoms with Gasteiger partial charge in [0.15, 0.2) is 0 Å². The van der Waals surface area contributed by atoms with Gasteiger partial charge in [0.1, 0.15) is 0 Å². The molecule has 0 saturated carbocycles. The van der Waals surface area contributed by atoms with Crippen molar-refractivity contribution < 1.29 is 4.79 Å². The molecule has 1 amide bonds. The van der Waals surface area contributed by atoms with Gasteiger partial charge < -0.3 is 10.6 Å². The van der Waals surface area contributed by atoms with E-state index in [4.69, 9.17) is 5.26 Å². The maximum atomic E-state index is 12.3. The molecule has 6 nitrogen and oxygen atoms in total. The van der Waals surface area contributed by atoms with Crippen molar-refractivity contribution in [1.29, 1.82) is 5.26 Å². The minimum atomic E-state index is -0.229. The molecule has 3 aromatic rings. The van der Waals surface area contributed by atoms with Crippen molar-refractivity contribution in [1.82, 2.24) is 15.3 Å². The van der Waals surface area contributed by atoms with E-state index in [1.54, 1.807) is 36.7 Å². The lowest BCUT2D eigenvalue weighted by molar-refractivity contribution is 0.0950. The zero-order valence-corrected chi connectivity index (χ0v) is 13.3. The van der Waals surface area contributed by atoms with Crippen LogP contribution in [0.3, 0.4) is 0 Å². The van der Waals surface area contributed by atoms with E-state index < -0.39 is 0 Å². The van der Waals surface area contributed by atoms with Crippen LogP contribution in [-0.4, -0.2) is 15.9 Å². The van der Waals surface area contributed by atoms with E-state index in [-0.39, 0.29) is 5.91 Å². The number of amides is 1. The molecule has 1 aromatic carbocycles. The maximum Gasteiger partial charge on any atom is 0.253 e. The Morgan fingerprint density at radius 2 is 2.00 bits per heavy atom. The predicted octanol–water partition coefficient (Wildman–Crippen LogP) is 3.02. The molecular formula is C19H15N5O. The van der Waals surface area contributed by atoms with Gasteiger partial charge in [-0.05, 0) is 36.4 Å². The van der Waals surface area contributed by atoms with E-state index in [9.17, 15) is 4.79 Å². The maximum absolute atomic E-state index is 12.3. The van der Waals surface area contributed by atoms with Crippen molar-refractivity contribution in [3.05, 3.63) is 83.9 Å². The number of carbonyl (C=O) groups excluding carboxylic acids is 1. The molecule has 2 aromatic heterocycles. The number of aromatic nitrogens is 2. The van der Waals surface area contributed by atoms with Gasteiger partial charge in [0.05, 0.1) is 41.3 Å². The molecule has 0 radical (unpaired) electrons. The summed E-state index contributed by atoms with van der Waals surface area (Å²) in [6.07, 6.45) is 4.81. The van der Waals surface area contributed by atoms with E-state index in [0.717, 1.165) is 11.4 Å². The third-order valence-corrected chi connectivity index (χ3v) is 3.44. The molecule has 2 heterocycles. The summed E-state index contributed by atoms with van der Waals surface area (Å²) in [5.74, 6) is -0.229. The number of carbonyl (C=O) groups is 1. The molecule has 0 aliphatic carbocycles. The Morgan fingerprint density at radius 1 is 1.08 bits per heavy atom. The topological polar surface area (TPSA) is 90.7 Å². The highest BCUT2D eigenvalue weighted by atomic mass is 16.1. The van der Waals surface area contributed by atoms with E-state index in [0.29, 0.717) is 23.4 Å². The minimum absolute atomic E-state index is 0.229. The van der Waals surface area contributed by atoms with E-state index in [1.807, 2.05) is 24.3 Å². The Kier molecular flexibility index (Phi) is 4.98. The number of rotatable bonds is 5. The zero-order chi connectivity index (χ0) is 17.5. The van der Waals surface area contributed by atoms with Gasteiger partial charge in [0.2, 0.25) is 0 Å². The summed E-state index contributed by atoms with van der Waals surface area (Å²) < 4.78 is 0. The van der Waals surface area contributed by atoms with Crippen LogP contribution in [0.4, 0.5) is 11.4 Å². The molecule has 0 aliphatic heterocycles. The third-order valence-electron chi connectivity index (χ3n) is 3.44. The lowest BCUT2D eigenvalue weighted by Crippen LogP contribution is -2.23. The van der Waals surface area contributed by atoms with Crippen molar-refractivity contribution in [2.75, 3.05) is 5.32 Å². The highest BCUT2D eigenvalue weighted by Gasteiger charge is 2.07. The number of pyridine rings is 2. The van der Waals surface area contributed by atoms with Gasteiger partial charge in [-0.15, -0.1) is 0 Å². The number of anilines is 2. The number of hydrogen-bond acceptors (Lipinski definition) is 5. The highest BCUT2D eigenvalue weighted by molar-refractivity contribution is 5.94. The standard InChI is InChI=1S/C19H15N5O/c20-10-14-4-3-6-16(8-14)24-18-9-15(11-21-12-18)19(25)23-13-17-5-1-2-7-22-17/h1-9,11-12,24H,13H2,(H,23,25). The fourth-order valence-corrected chi connectivity index (χ4v) is 2.24. The SMILES string of the molecule is N#Cc1cccc(Nc2cncc(C(=O)NCc3ccccn3)c2)c1. The molecule has 25 heavy (non-hydrogen) atoms. The lowest BCUT2D eigenvalue weighted by atomic mass is 10.2. The number of benzene rings is 1. The van der Waals surface area contributed by atoms with Crippen LogP contribution in [0.2, 0.25) is 0 Å². The summed E-state index contributed by atoms with van der Waals surface area (Å²) in [5.41, 5.74) is 3.21. The van der Waals surface area contributed by atoms with Crippen molar-refractivity contribution in [3.63, 3.8) is 0 Å². The summed E-state index contributed by atoms with van der Waals surface area (Å²) >= 11 is 0. The second-order valence-electron chi connectivity index (χ2n) is 5.28. The van der Waals surface area contributed by atoms with Crippen LogP contribution in [0.15, 0.2) is 67.1 Å². The summed E-state index contributed by atoms with van der Waals surface area (Å²) in [7, 11) is 0. The first-order valence-electron chi connectivity index (χ1n) is 7.65. The van der Waals surface area contributed by atoms with Crippen molar-refractivity contribution in [2.45, 2.75) is 6.54 Å². The van der Waals surface area contributed by atoms with E-state index in [2.05, 4.69) is 26.7 Å². The first-order chi connectivity index (χ1) is 12.2. The molecule has 2 N–H and O–H groups in total. The molecule has 0 fully saturated rings. The third kappa shape index (κ3) is 4.39. The summed E-state index contributed by atoms with van der Waals surface area (Å²) in [5, 5.41) is 14.9. The van der Waals surface area contributed by atoms with Gasteiger partial charge in [0.25, 0.3) is 5.91 Å². The molecular weight excluding hydrogens is 314 g/mol. The van der Waals surface area contributed by atoms with Crippen LogP contribution < -0.4 is 10.6 Å². The average molecular weight is 329 g/mol. The average Bonchev–Trinajstić information content (AvgIpc) is 2.67. The molecule has 0 aliphatic rings. The molecule has 3 rings (SSSR count). The molecule has 122 valence electrons. The Balaban J connectivity index is 1.68. The Labute approximate surface area is 145 Å². The van der Waals surface area contributed by atoms with Crippen molar-refractivity contribution in [2.24, 2.45) is 0 Å². The first-order valence-corrected chi connectivity index (χ1v) is 7.65. The van der Waals surface area contributed by atoms with E-state index >= 15 is 0 Å². The number of nitrogens with zero attached hydrogens (tertiary/aromatic N) is 3. The monoisotopic (exact) mass is 329 g/mol. The molecule has 0 atom stereocenters. The quantitative estimate of drug-likeness (QED) is 0.751. The smallest absolute Gasteiger partial charge is 0.253 e. The van der Waals surface area contributed by atoms with Crippen LogP contribution in [0.5, 0.6) is 0 Å². The molecule has 0 bridgehead atoms. The second-order valence-corrected chi connectivity index (χ2v) is 5.28. The Hall–Kier alpha value is -3.72. The van der Waals surface area contributed by atoms with Gasteiger partial charge in [-0.2, -0.15) is 5.26 Å². The summed E-state index contributed by atoms with van der Waals surface area (Å²) in [6, 6.07) is 16.4. The first kappa shape index (κ1) is 16.1. The van der Waals surface area contributed by atoms with Crippen LogP contribution in [0.1, 0.15) is 21.6 Å². The second kappa shape index (κ2) is 7.70. The van der Waals surface area contributed by atoms with E-state index in [1.165, 1.54) is 6.20 Å². The van der Waals surface area contributed by atoms with Crippen LogP contribution in [-0.2, 0) is 6.54 Å². The number of hydrogen-bond donors (Lipinski definition) is 2. The lowest BCUT2D eigenvalue weighted by Gasteiger charge is -2.09. The van der Waals surface area contributed by atoms with Crippen molar-refractivity contribution in [3.8, 4) is 6.07 Å². The molecule has 0 saturated heterocycles. The van der Waals surface area contributed by atoms with Gasteiger partial charge >= 0.3 is 0 Å². The highest BCUT2D eigenvalue weighted by Crippen LogP contribution is 2.17. The van der Waals surface area contributed by atoms with Gasteiger partial charge in [-0.3, -0.25) is 14.8 Å². The van der Waals surface area contributed by atoms with Crippen LogP contribution in [0.25, 0.3) is 0 Å². The fraction of sp³-hybridized carbons (Fsp3) is 0.0526.